The van der Waals surface area contributed by atoms with E-state index < -0.39 is 0 Å². The minimum absolute atomic E-state index is 0.0243. The van der Waals surface area contributed by atoms with E-state index >= 15 is 0 Å². The van der Waals surface area contributed by atoms with Crippen LogP contribution in [0.1, 0.15) is 16.7 Å². The van der Waals surface area contributed by atoms with Crippen molar-refractivity contribution >= 4 is 11.0 Å². The first-order valence-corrected chi connectivity index (χ1v) is 8.83. The van der Waals surface area contributed by atoms with E-state index in [1.54, 1.807) is 6.07 Å². The molecule has 0 aliphatic heterocycles. The number of H-pyrrole nitrogens is 1. The van der Waals surface area contributed by atoms with Crippen molar-refractivity contribution in [1.82, 2.24) is 9.55 Å². The fourth-order valence-corrected chi connectivity index (χ4v) is 3.32. The molecule has 1 aromatic heterocycles. The molecule has 3 aromatic carbocycles. The number of phenolic OH excluding ortho intramolecular Hbond substituents is 2. The summed E-state index contributed by atoms with van der Waals surface area (Å²) in [4.78, 5) is 15.2. The molecular formula is C22H20N2O3. The molecule has 27 heavy (non-hydrogen) atoms. The summed E-state index contributed by atoms with van der Waals surface area (Å²) >= 11 is 0. The lowest BCUT2D eigenvalue weighted by Crippen LogP contribution is -2.15. The smallest absolute Gasteiger partial charge is 0.331 e. The fraction of sp³-hybridized carbons (Fsp3) is 0.136. The molecule has 0 aliphatic carbocycles. The van der Waals surface area contributed by atoms with E-state index in [1.807, 2.05) is 31.2 Å². The van der Waals surface area contributed by atoms with Crippen LogP contribution in [-0.4, -0.2) is 19.8 Å². The first-order valence-electron chi connectivity index (χ1n) is 8.83. The topological polar surface area (TPSA) is 78.2 Å². The Morgan fingerprint density at radius 3 is 2.44 bits per heavy atom. The van der Waals surface area contributed by atoms with Gasteiger partial charge in [0.25, 0.3) is 0 Å². The highest BCUT2D eigenvalue weighted by atomic mass is 16.3. The van der Waals surface area contributed by atoms with E-state index in [9.17, 15) is 15.0 Å². The summed E-state index contributed by atoms with van der Waals surface area (Å²) in [6.07, 6.45) is 1.35. The number of benzene rings is 3. The predicted molar refractivity (Wildman–Crippen MR) is 106 cm³/mol. The van der Waals surface area contributed by atoms with E-state index in [0.717, 1.165) is 6.42 Å². The Balaban J connectivity index is 1.74. The molecule has 0 spiro atoms. The van der Waals surface area contributed by atoms with Crippen LogP contribution in [0.4, 0.5) is 0 Å². The Morgan fingerprint density at radius 2 is 1.67 bits per heavy atom. The van der Waals surface area contributed by atoms with Crippen molar-refractivity contribution in [3.8, 4) is 17.2 Å². The van der Waals surface area contributed by atoms with E-state index in [4.69, 9.17) is 0 Å². The highest BCUT2D eigenvalue weighted by Crippen LogP contribution is 2.32. The molecule has 0 unspecified atom stereocenters. The third kappa shape index (κ3) is 3.19. The van der Waals surface area contributed by atoms with Crippen molar-refractivity contribution < 1.29 is 10.2 Å². The molecule has 3 N–H and O–H groups in total. The van der Waals surface area contributed by atoms with Gasteiger partial charge in [-0.1, -0.05) is 42.0 Å². The van der Waals surface area contributed by atoms with Gasteiger partial charge < -0.3 is 15.2 Å². The Hall–Kier alpha value is -3.47. The minimum Gasteiger partial charge on any atom is -0.508 e. The molecule has 5 nitrogen and oxygen atoms in total. The second-order valence-corrected chi connectivity index (χ2v) is 6.74. The Kier molecular flexibility index (Phi) is 4.20. The predicted octanol–water partition coefficient (Wildman–Crippen LogP) is 3.82. The normalized spacial score (nSPS) is 11.1. The fourth-order valence-electron chi connectivity index (χ4n) is 3.32. The van der Waals surface area contributed by atoms with Crippen LogP contribution < -0.4 is 5.69 Å². The second kappa shape index (κ2) is 6.68. The van der Waals surface area contributed by atoms with Gasteiger partial charge in [0.2, 0.25) is 0 Å². The van der Waals surface area contributed by atoms with Gasteiger partial charge in [0.1, 0.15) is 11.5 Å². The van der Waals surface area contributed by atoms with Crippen molar-refractivity contribution in [2.75, 3.05) is 0 Å². The zero-order valence-electron chi connectivity index (χ0n) is 14.9. The molecule has 5 heteroatoms. The molecule has 0 bridgehead atoms. The van der Waals surface area contributed by atoms with E-state index in [1.165, 1.54) is 21.8 Å². The zero-order valence-corrected chi connectivity index (χ0v) is 14.9. The molecule has 0 saturated carbocycles. The summed E-state index contributed by atoms with van der Waals surface area (Å²) < 4.78 is 1.43. The number of aromatic nitrogens is 2. The Morgan fingerprint density at radius 1 is 0.926 bits per heavy atom. The van der Waals surface area contributed by atoms with Crippen molar-refractivity contribution in [1.29, 1.82) is 0 Å². The second-order valence-electron chi connectivity index (χ2n) is 6.74. The number of phenols is 2. The average molecular weight is 360 g/mol. The molecule has 4 aromatic rings. The van der Waals surface area contributed by atoms with E-state index in [-0.39, 0.29) is 17.2 Å². The van der Waals surface area contributed by atoms with Crippen LogP contribution in [0.25, 0.3) is 16.7 Å². The number of hydrogen-bond acceptors (Lipinski definition) is 3. The largest absolute Gasteiger partial charge is 0.508 e. The molecule has 0 aliphatic rings. The van der Waals surface area contributed by atoms with Gasteiger partial charge >= 0.3 is 5.69 Å². The number of rotatable bonds is 4. The summed E-state index contributed by atoms with van der Waals surface area (Å²) in [5, 5.41) is 20.6. The molecule has 136 valence electrons. The first kappa shape index (κ1) is 17.0. The molecule has 0 amide bonds. The van der Waals surface area contributed by atoms with Gasteiger partial charge in [-0.2, -0.15) is 0 Å². The van der Waals surface area contributed by atoms with Crippen LogP contribution in [-0.2, 0) is 12.8 Å². The summed E-state index contributed by atoms with van der Waals surface area (Å²) in [6, 6.07) is 18.5. The van der Waals surface area contributed by atoms with Crippen LogP contribution in [0.15, 0.2) is 65.5 Å². The average Bonchev–Trinajstić information content (AvgIpc) is 2.98. The molecule has 0 saturated heterocycles. The number of imidazole rings is 1. The zero-order chi connectivity index (χ0) is 19.0. The molecule has 1 heterocycles. The van der Waals surface area contributed by atoms with Crippen molar-refractivity contribution in [3.05, 3.63) is 87.8 Å². The van der Waals surface area contributed by atoms with Gasteiger partial charge in [0.15, 0.2) is 0 Å². The number of nitrogens with one attached hydrogen (secondary N) is 1. The third-order valence-electron chi connectivity index (χ3n) is 4.81. The van der Waals surface area contributed by atoms with Gasteiger partial charge in [0, 0.05) is 6.07 Å². The van der Waals surface area contributed by atoms with Crippen molar-refractivity contribution in [2.45, 2.75) is 19.8 Å². The maximum absolute atomic E-state index is 12.4. The Bertz CT molecular complexity index is 1170. The summed E-state index contributed by atoms with van der Waals surface area (Å²) in [5.74, 6) is -0.116. The van der Waals surface area contributed by atoms with Crippen LogP contribution in [0.2, 0.25) is 0 Å². The lowest BCUT2D eigenvalue weighted by Gasteiger charge is -2.11. The summed E-state index contributed by atoms with van der Waals surface area (Å²) in [7, 11) is 0. The number of aromatic amines is 1. The third-order valence-corrected chi connectivity index (χ3v) is 4.81. The highest BCUT2D eigenvalue weighted by molar-refractivity contribution is 5.78. The van der Waals surface area contributed by atoms with Crippen LogP contribution >= 0.6 is 0 Å². The van der Waals surface area contributed by atoms with Crippen molar-refractivity contribution in [3.63, 3.8) is 0 Å². The highest BCUT2D eigenvalue weighted by Gasteiger charge is 2.15. The van der Waals surface area contributed by atoms with Gasteiger partial charge in [-0.25, -0.2) is 4.79 Å². The maximum Gasteiger partial charge on any atom is 0.331 e. The summed E-state index contributed by atoms with van der Waals surface area (Å²) in [5.41, 5.74) is 4.44. The number of aromatic hydroxyl groups is 2. The summed E-state index contributed by atoms with van der Waals surface area (Å²) in [6.45, 7) is 2.04. The monoisotopic (exact) mass is 360 g/mol. The number of fused-ring (bicyclic) bond motifs is 1. The molecule has 4 rings (SSSR count). The van der Waals surface area contributed by atoms with Gasteiger partial charge in [-0.15, -0.1) is 0 Å². The number of hydrogen-bond donors (Lipinski definition) is 3. The number of aryl methyl sites for hydroxylation is 3. The van der Waals surface area contributed by atoms with Crippen molar-refractivity contribution in [2.24, 2.45) is 0 Å². The number of para-hydroxylation sites is 2. The first-order chi connectivity index (χ1) is 13.0. The van der Waals surface area contributed by atoms with Gasteiger partial charge in [-0.05, 0) is 49.1 Å². The quantitative estimate of drug-likeness (QED) is 0.518. The van der Waals surface area contributed by atoms with Gasteiger partial charge in [-0.3, -0.25) is 4.57 Å². The lowest BCUT2D eigenvalue weighted by atomic mass is 10.0. The standard InChI is InChI=1S/C22H20N2O3/c1-14-6-8-15(9-7-14)10-11-16-12-19(21(26)13-20(16)25)24-18-5-3-2-4-17(18)23-22(24)27/h2-9,12-13,25-26H,10-11H2,1H3,(H,23,27). The number of nitrogens with zero attached hydrogens (tertiary/aromatic N) is 1. The van der Waals surface area contributed by atoms with E-state index in [2.05, 4.69) is 29.2 Å². The molecule has 0 radical (unpaired) electrons. The van der Waals surface area contributed by atoms with Crippen LogP contribution in [0, 0.1) is 6.92 Å². The molecule has 0 fully saturated rings. The molecular weight excluding hydrogens is 340 g/mol. The SMILES string of the molecule is Cc1ccc(CCc2cc(-n3c(=O)[nH]c4ccccc43)c(O)cc2O)cc1. The molecule has 0 atom stereocenters. The van der Waals surface area contributed by atoms with Crippen LogP contribution in [0.5, 0.6) is 11.5 Å². The lowest BCUT2D eigenvalue weighted by molar-refractivity contribution is 0.444. The van der Waals surface area contributed by atoms with Crippen LogP contribution in [0.3, 0.4) is 0 Å². The van der Waals surface area contributed by atoms with Gasteiger partial charge in [0.05, 0.1) is 16.7 Å². The minimum atomic E-state index is -0.332. The van der Waals surface area contributed by atoms with E-state index in [0.29, 0.717) is 28.7 Å². The Labute approximate surface area is 156 Å². The maximum atomic E-state index is 12.4.